The summed E-state index contributed by atoms with van der Waals surface area (Å²) < 4.78 is 16.0. The molecule has 0 heterocycles. The van der Waals surface area contributed by atoms with Crippen LogP contribution in [0.5, 0.6) is 17.2 Å². The molecule has 0 saturated heterocycles. The van der Waals surface area contributed by atoms with Crippen LogP contribution in [0.25, 0.3) is 0 Å². The van der Waals surface area contributed by atoms with E-state index in [4.69, 9.17) is 14.2 Å². The summed E-state index contributed by atoms with van der Waals surface area (Å²) in [6.07, 6.45) is 0.705. The number of hydrogen-bond acceptors (Lipinski definition) is 4. The minimum Gasteiger partial charge on any atom is -0.497 e. The molecular formula is C23H23NO4. The van der Waals surface area contributed by atoms with E-state index in [1.54, 1.807) is 32.4 Å². The third-order valence-corrected chi connectivity index (χ3v) is 4.43. The molecule has 0 aliphatic heterocycles. The molecule has 3 aromatic carbocycles. The number of amides is 1. The molecule has 144 valence electrons. The average Bonchev–Trinajstić information content (AvgIpc) is 2.74. The molecule has 0 spiro atoms. The Morgan fingerprint density at radius 1 is 0.821 bits per heavy atom. The van der Waals surface area contributed by atoms with Gasteiger partial charge in [-0.05, 0) is 42.0 Å². The first-order chi connectivity index (χ1) is 13.6. The third-order valence-electron chi connectivity index (χ3n) is 4.43. The maximum atomic E-state index is 12.8. The van der Waals surface area contributed by atoms with Crippen LogP contribution in [0.15, 0.2) is 66.7 Å². The molecule has 0 bridgehead atoms. The number of hydrogen-bond donors (Lipinski definition) is 1. The minimum absolute atomic E-state index is 0.272. The van der Waals surface area contributed by atoms with Crippen molar-refractivity contribution in [3.8, 4) is 17.2 Å². The van der Waals surface area contributed by atoms with Crippen molar-refractivity contribution in [2.75, 3.05) is 26.6 Å². The molecule has 3 rings (SSSR count). The summed E-state index contributed by atoms with van der Waals surface area (Å²) in [6, 6.07) is 20.8. The summed E-state index contributed by atoms with van der Waals surface area (Å²) in [5.41, 5.74) is 3.24. The van der Waals surface area contributed by atoms with Crippen molar-refractivity contribution in [2.24, 2.45) is 0 Å². The van der Waals surface area contributed by atoms with E-state index < -0.39 is 0 Å². The first kappa shape index (κ1) is 19.3. The van der Waals surface area contributed by atoms with Crippen molar-refractivity contribution in [3.05, 3.63) is 83.4 Å². The average molecular weight is 377 g/mol. The highest BCUT2D eigenvalue weighted by atomic mass is 16.5. The van der Waals surface area contributed by atoms with Gasteiger partial charge in [0.25, 0.3) is 5.91 Å². The monoisotopic (exact) mass is 377 g/mol. The molecular weight excluding hydrogens is 354 g/mol. The number of ether oxygens (including phenoxy) is 3. The summed E-state index contributed by atoms with van der Waals surface area (Å²) >= 11 is 0. The van der Waals surface area contributed by atoms with Crippen LogP contribution in [0.2, 0.25) is 0 Å². The molecule has 0 fully saturated rings. The van der Waals surface area contributed by atoms with Crippen LogP contribution in [-0.4, -0.2) is 27.2 Å². The molecule has 28 heavy (non-hydrogen) atoms. The molecule has 5 nitrogen and oxygen atoms in total. The van der Waals surface area contributed by atoms with Gasteiger partial charge in [-0.2, -0.15) is 0 Å². The first-order valence-corrected chi connectivity index (χ1v) is 8.89. The number of methoxy groups -OCH3 is 3. The van der Waals surface area contributed by atoms with Crippen molar-refractivity contribution in [3.63, 3.8) is 0 Å². The molecule has 0 aromatic heterocycles. The summed E-state index contributed by atoms with van der Waals surface area (Å²) in [7, 11) is 4.73. The van der Waals surface area contributed by atoms with Crippen LogP contribution in [0.1, 0.15) is 21.5 Å². The number of carbonyl (C=O) groups is 1. The number of anilines is 1. The molecule has 1 amide bonds. The minimum atomic E-state index is -0.272. The third kappa shape index (κ3) is 4.43. The summed E-state index contributed by atoms with van der Waals surface area (Å²) in [5.74, 6) is 1.58. The molecule has 0 unspecified atom stereocenters. The quantitative estimate of drug-likeness (QED) is 0.656. The zero-order chi connectivity index (χ0) is 19.9. The molecule has 5 heteroatoms. The van der Waals surface area contributed by atoms with E-state index in [1.807, 2.05) is 36.4 Å². The lowest BCUT2D eigenvalue weighted by molar-refractivity contribution is 0.102. The Balaban J connectivity index is 1.86. The second-order valence-electron chi connectivity index (χ2n) is 6.21. The first-order valence-electron chi connectivity index (χ1n) is 8.89. The van der Waals surface area contributed by atoms with Gasteiger partial charge in [-0.1, -0.05) is 30.3 Å². The summed E-state index contributed by atoms with van der Waals surface area (Å²) in [6.45, 7) is 0. The second kappa shape index (κ2) is 8.95. The van der Waals surface area contributed by atoms with Gasteiger partial charge in [0.2, 0.25) is 0 Å². The summed E-state index contributed by atoms with van der Waals surface area (Å²) in [5, 5.41) is 2.93. The van der Waals surface area contributed by atoms with Crippen molar-refractivity contribution in [1.82, 2.24) is 0 Å². The fraction of sp³-hybridized carbons (Fsp3) is 0.174. The zero-order valence-corrected chi connectivity index (χ0v) is 16.2. The van der Waals surface area contributed by atoms with Crippen molar-refractivity contribution < 1.29 is 19.0 Å². The predicted octanol–water partition coefficient (Wildman–Crippen LogP) is 4.56. The van der Waals surface area contributed by atoms with E-state index in [-0.39, 0.29) is 5.91 Å². The summed E-state index contributed by atoms with van der Waals surface area (Å²) in [4.78, 5) is 12.8. The molecule has 0 aliphatic carbocycles. The number of carbonyl (C=O) groups excluding carboxylic acids is 1. The van der Waals surface area contributed by atoms with Gasteiger partial charge in [0.05, 0.1) is 26.9 Å². The maximum absolute atomic E-state index is 12.8. The predicted molar refractivity (Wildman–Crippen MR) is 110 cm³/mol. The van der Waals surface area contributed by atoms with Crippen molar-refractivity contribution in [1.29, 1.82) is 0 Å². The number of rotatable bonds is 7. The van der Waals surface area contributed by atoms with E-state index in [2.05, 4.69) is 17.4 Å². The largest absolute Gasteiger partial charge is 0.497 e. The molecule has 1 N–H and O–H groups in total. The lowest BCUT2D eigenvalue weighted by Gasteiger charge is -2.14. The Hall–Kier alpha value is -3.47. The van der Waals surface area contributed by atoms with Gasteiger partial charge in [-0.15, -0.1) is 0 Å². The second-order valence-corrected chi connectivity index (χ2v) is 6.21. The van der Waals surface area contributed by atoms with E-state index in [0.717, 1.165) is 11.3 Å². The van der Waals surface area contributed by atoms with E-state index in [0.29, 0.717) is 29.2 Å². The van der Waals surface area contributed by atoms with Gasteiger partial charge in [0.15, 0.2) is 0 Å². The topological polar surface area (TPSA) is 56.8 Å². The van der Waals surface area contributed by atoms with Crippen LogP contribution in [0.3, 0.4) is 0 Å². The lowest BCUT2D eigenvalue weighted by Crippen LogP contribution is -2.13. The maximum Gasteiger partial charge on any atom is 0.259 e. The number of benzene rings is 3. The van der Waals surface area contributed by atoms with Crippen LogP contribution in [-0.2, 0) is 6.42 Å². The Kier molecular flexibility index (Phi) is 6.17. The standard InChI is InChI=1S/C23H23NO4/c1-26-19-10-12-22(28-3)20(15-19)23(25)24-18-9-11-21(27-2)17(14-18)13-16-7-5-4-6-8-16/h4-12,14-15H,13H2,1-3H3,(H,24,25). The van der Waals surface area contributed by atoms with Gasteiger partial charge >= 0.3 is 0 Å². The number of nitrogens with one attached hydrogen (secondary N) is 1. The molecule has 0 atom stereocenters. The Bertz CT molecular complexity index is 954. The highest BCUT2D eigenvalue weighted by molar-refractivity contribution is 6.06. The molecule has 0 radical (unpaired) electrons. The van der Waals surface area contributed by atoms with Crippen LogP contribution >= 0.6 is 0 Å². The zero-order valence-electron chi connectivity index (χ0n) is 16.2. The van der Waals surface area contributed by atoms with Crippen LogP contribution in [0, 0.1) is 0 Å². The van der Waals surface area contributed by atoms with Crippen LogP contribution < -0.4 is 19.5 Å². The van der Waals surface area contributed by atoms with E-state index in [1.165, 1.54) is 12.7 Å². The van der Waals surface area contributed by atoms with Crippen LogP contribution in [0.4, 0.5) is 5.69 Å². The SMILES string of the molecule is COc1ccc(OC)c(C(=O)Nc2ccc(OC)c(Cc3ccccc3)c2)c1. The van der Waals surface area contributed by atoms with Gasteiger partial charge in [-0.25, -0.2) is 0 Å². The van der Waals surface area contributed by atoms with Gasteiger partial charge in [0, 0.05) is 17.7 Å². The van der Waals surface area contributed by atoms with E-state index >= 15 is 0 Å². The van der Waals surface area contributed by atoms with Crippen molar-refractivity contribution in [2.45, 2.75) is 6.42 Å². The van der Waals surface area contributed by atoms with Crippen molar-refractivity contribution >= 4 is 11.6 Å². The molecule has 3 aromatic rings. The molecule has 0 saturated carbocycles. The Labute approximate surface area is 164 Å². The van der Waals surface area contributed by atoms with Gasteiger partial charge in [-0.3, -0.25) is 4.79 Å². The Morgan fingerprint density at radius 2 is 1.54 bits per heavy atom. The highest BCUT2D eigenvalue weighted by Crippen LogP contribution is 2.28. The smallest absolute Gasteiger partial charge is 0.259 e. The van der Waals surface area contributed by atoms with Gasteiger partial charge in [0.1, 0.15) is 17.2 Å². The highest BCUT2D eigenvalue weighted by Gasteiger charge is 2.15. The fourth-order valence-corrected chi connectivity index (χ4v) is 3.00. The molecule has 0 aliphatic rings. The van der Waals surface area contributed by atoms with Gasteiger partial charge < -0.3 is 19.5 Å². The Morgan fingerprint density at radius 3 is 2.21 bits per heavy atom. The fourth-order valence-electron chi connectivity index (χ4n) is 3.00. The van der Waals surface area contributed by atoms with E-state index in [9.17, 15) is 4.79 Å². The lowest BCUT2D eigenvalue weighted by atomic mass is 10.0. The normalized spacial score (nSPS) is 10.2.